The van der Waals surface area contributed by atoms with Crippen LogP contribution in [0.15, 0.2) is 77.7 Å². The number of anilines is 1. The quantitative estimate of drug-likeness (QED) is 0.417. The van der Waals surface area contributed by atoms with Gasteiger partial charge in [0.15, 0.2) is 0 Å². The molecule has 0 saturated carbocycles. The number of carbonyl (C=O) groups is 1. The first-order chi connectivity index (χ1) is 16.8. The Morgan fingerprint density at radius 2 is 1.49 bits per heavy atom. The zero-order valence-corrected chi connectivity index (χ0v) is 21.5. The van der Waals surface area contributed by atoms with Crippen molar-refractivity contribution >= 4 is 44.8 Å². The molecule has 0 radical (unpaired) electrons. The third kappa shape index (κ3) is 6.55. The van der Waals surface area contributed by atoms with Crippen LogP contribution in [0, 0.1) is 0 Å². The van der Waals surface area contributed by atoms with E-state index in [0.717, 1.165) is 35.1 Å². The summed E-state index contributed by atoms with van der Waals surface area (Å²) in [6, 6.07) is 20.4. The van der Waals surface area contributed by atoms with Gasteiger partial charge in [0.25, 0.3) is 10.0 Å². The average molecular weight is 532 g/mol. The Bertz CT molecular complexity index is 1260. The van der Waals surface area contributed by atoms with Crippen LogP contribution in [0.3, 0.4) is 0 Å². The summed E-state index contributed by atoms with van der Waals surface area (Å²) in [6.07, 6.45) is 2.41. The van der Waals surface area contributed by atoms with Gasteiger partial charge in [-0.1, -0.05) is 65.7 Å². The summed E-state index contributed by atoms with van der Waals surface area (Å²) < 4.78 is 28.0. The summed E-state index contributed by atoms with van der Waals surface area (Å²) in [5.41, 5.74) is 2.39. The molecule has 0 unspecified atom stereocenters. The van der Waals surface area contributed by atoms with Crippen LogP contribution in [0.1, 0.15) is 24.0 Å². The number of carbonyl (C=O) groups excluding carboxylic acids is 1. The topological polar surface area (TPSA) is 69.7 Å². The van der Waals surface area contributed by atoms with Gasteiger partial charge in [-0.3, -0.25) is 14.0 Å². The number of amides is 1. The average Bonchev–Trinajstić information content (AvgIpc) is 3.35. The smallest absolute Gasteiger partial charge is 0.264 e. The minimum Gasteiger partial charge on any atom is -0.350 e. The molecule has 1 N–H and O–H groups in total. The molecule has 35 heavy (non-hydrogen) atoms. The number of hydrogen-bond acceptors (Lipinski definition) is 4. The first kappa shape index (κ1) is 25.5. The van der Waals surface area contributed by atoms with Crippen molar-refractivity contribution in [2.45, 2.75) is 30.8 Å². The lowest BCUT2D eigenvalue weighted by Crippen LogP contribution is -2.40. The lowest BCUT2D eigenvalue weighted by atomic mass is 10.1. The first-order valence-electron chi connectivity index (χ1n) is 11.4. The van der Waals surface area contributed by atoms with E-state index in [0.29, 0.717) is 6.54 Å². The van der Waals surface area contributed by atoms with Crippen molar-refractivity contribution in [1.82, 2.24) is 10.2 Å². The molecule has 1 heterocycles. The highest BCUT2D eigenvalue weighted by Gasteiger charge is 2.27. The van der Waals surface area contributed by atoms with Gasteiger partial charge < -0.3 is 5.32 Å². The second-order valence-corrected chi connectivity index (χ2v) is 11.2. The van der Waals surface area contributed by atoms with Crippen molar-refractivity contribution in [3.63, 3.8) is 0 Å². The van der Waals surface area contributed by atoms with E-state index in [9.17, 15) is 13.2 Å². The molecule has 0 aliphatic carbocycles. The summed E-state index contributed by atoms with van der Waals surface area (Å²) in [7, 11) is -4.04. The molecule has 1 amide bonds. The van der Waals surface area contributed by atoms with E-state index < -0.39 is 22.5 Å². The summed E-state index contributed by atoms with van der Waals surface area (Å²) in [4.78, 5) is 15.5. The van der Waals surface area contributed by atoms with Crippen LogP contribution in [0.2, 0.25) is 10.0 Å². The van der Waals surface area contributed by atoms with Crippen molar-refractivity contribution in [3.05, 3.63) is 94.0 Å². The Morgan fingerprint density at radius 3 is 2.14 bits per heavy atom. The van der Waals surface area contributed by atoms with Crippen LogP contribution in [0.25, 0.3) is 0 Å². The van der Waals surface area contributed by atoms with Gasteiger partial charge in [-0.15, -0.1) is 0 Å². The molecule has 1 aliphatic rings. The highest BCUT2D eigenvalue weighted by atomic mass is 35.5. The van der Waals surface area contributed by atoms with Crippen molar-refractivity contribution in [2.75, 3.05) is 23.9 Å². The summed E-state index contributed by atoms with van der Waals surface area (Å²) in [6.45, 7) is 2.88. The number of nitrogens with zero attached hydrogens (tertiary/aromatic N) is 2. The Hall–Kier alpha value is -2.58. The van der Waals surface area contributed by atoms with Crippen LogP contribution < -0.4 is 9.62 Å². The predicted octanol–water partition coefficient (Wildman–Crippen LogP) is 5.10. The number of rotatable bonds is 9. The Balaban J connectivity index is 1.53. The maximum absolute atomic E-state index is 13.5. The molecule has 1 fully saturated rings. The molecule has 6 nitrogen and oxygen atoms in total. The van der Waals surface area contributed by atoms with Gasteiger partial charge in [-0.2, -0.15) is 0 Å². The highest BCUT2D eigenvalue weighted by molar-refractivity contribution is 7.92. The number of sulfonamides is 1. The summed E-state index contributed by atoms with van der Waals surface area (Å²) in [5, 5.41) is 3.44. The molecule has 9 heteroatoms. The maximum atomic E-state index is 13.5. The van der Waals surface area contributed by atoms with E-state index in [-0.39, 0.29) is 20.6 Å². The number of benzene rings is 3. The first-order valence-corrected chi connectivity index (χ1v) is 13.6. The van der Waals surface area contributed by atoms with Crippen molar-refractivity contribution in [3.8, 4) is 0 Å². The molecule has 0 atom stereocenters. The van der Waals surface area contributed by atoms with Gasteiger partial charge >= 0.3 is 0 Å². The second-order valence-electron chi connectivity index (χ2n) is 8.48. The fourth-order valence-corrected chi connectivity index (χ4v) is 6.10. The van der Waals surface area contributed by atoms with Crippen LogP contribution in [0.5, 0.6) is 0 Å². The second kappa shape index (κ2) is 11.4. The van der Waals surface area contributed by atoms with Crippen LogP contribution in [-0.4, -0.2) is 38.9 Å². The van der Waals surface area contributed by atoms with Gasteiger partial charge in [-0.05, 0) is 67.4 Å². The largest absolute Gasteiger partial charge is 0.350 e. The van der Waals surface area contributed by atoms with E-state index in [1.165, 1.54) is 43.2 Å². The number of hydrogen-bond donors (Lipinski definition) is 1. The highest BCUT2D eigenvalue weighted by Crippen LogP contribution is 2.29. The molecule has 3 aromatic rings. The van der Waals surface area contributed by atoms with E-state index in [1.54, 1.807) is 18.2 Å². The molecular weight excluding hydrogens is 505 g/mol. The maximum Gasteiger partial charge on any atom is 0.264 e. The number of nitrogens with one attached hydrogen (secondary N) is 1. The fraction of sp³-hybridized carbons (Fsp3) is 0.269. The zero-order valence-electron chi connectivity index (χ0n) is 19.2. The molecular formula is C26H27Cl2N3O3S. The summed E-state index contributed by atoms with van der Waals surface area (Å²) in [5.74, 6) is -0.434. The third-order valence-electron chi connectivity index (χ3n) is 5.94. The van der Waals surface area contributed by atoms with Crippen LogP contribution in [0.4, 0.5) is 5.69 Å². The van der Waals surface area contributed by atoms with E-state index in [1.807, 2.05) is 18.2 Å². The molecule has 184 valence electrons. The molecule has 4 rings (SSSR count). The lowest BCUT2D eigenvalue weighted by molar-refractivity contribution is -0.119. The van der Waals surface area contributed by atoms with Crippen molar-refractivity contribution in [1.29, 1.82) is 0 Å². The van der Waals surface area contributed by atoms with Crippen LogP contribution in [-0.2, 0) is 27.9 Å². The van der Waals surface area contributed by atoms with E-state index >= 15 is 0 Å². The van der Waals surface area contributed by atoms with E-state index in [4.69, 9.17) is 23.2 Å². The Morgan fingerprint density at radius 1 is 0.886 bits per heavy atom. The monoisotopic (exact) mass is 531 g/mol. The van der Waals surface area contributed by atoms with Gasteiger partial charge in [0.2, 0.25) is 5.91 Å². The zero-order chi connectivity index (χ0) is 24.8. The third-order valence-corrected chi connectivity index (χ3v) is 8.17. The molecule has 1 saturated heterocycles. The van der Waals surface area contributed by atoms with Gasteiger partial charge in [0, 0.05) is 23.1 Å². The SMILES string of the molecule is O=C(CN(c1cc(Cl)cc(Cl)c1)S(=O)(=O)c1ccccc1)NCc1ccccc1CN1CCCC1. The van der Waals surface area contributed by atoms with Crippen molar-refractivity contribution in [2.24, 2.45) is 0 Å². The molecule has 0 spiro atoms. The lowest BCUT2D eigenvalue weighted by Gasteiger charge is -2.25. The van der Waals surface area contributed by atoms with Crippen LogP contribution >= 0.6 is 23.2 Å². The van der Waals surface area contributed by atoms with Gasteiger partial charge in [-0.25, -0.2) is 8.42 Å². The van der Waals surface area contributed by atoms with Crippen molar-refractivity contribution < 1.29 is 13.2 Å². The predicted molar refractivity (Wildman–Crippen MR) is 140 cm³/mol. The molecule has 1 aliphatic heterocycles. The molecule has 3 aromatic carbocycles. The number of halogens is 2. The standard InChI is InChI=1S/C26H27Cl2N3O3S/c27-22-14-23(28)16-24(15-22)31(35(33,34)25-10-2-1-3-11-25)19-26(32)29-17-20-8-4-5-9-21(20)18-30-12-6-7-13-30/h1-5,8-11,14-16H,6-7,12-13,17-19H2,(H,29,32). The molecule has 0 aromatic heterocycles. The van der Waals surface area contributed by atoms with Gasteiger partial charge in [0.05, 0.1) is 10.6 Å². The van der Waals surface area contributed by atoms with Gasteiger partial charge in [0.1, 0.15) is 6.54 Å². The summed E-state index contributed by atoms with van der Waals surface area (Å²) >= 11 is 12.3. The normalized spacial score (nSPS) is 14.1. The minimum atomic E-state index is -4.04. The number of likely N-dealkylation sites (tertiary alicyclic amines) is 1. The fourth-order valence-electron chi connectivity index (χ4n) is 4.16. The Labute approximate surface area is 216 Å². The minimum absolute atomic E-state index is 0.0693. The van der Waals surface area contributed by atoms with E-state index in [2.05, 4.69) is 16.3 Å². The Kier molecular flexibility index (Phi) is 8.34. The molecule has 0 bridgehead atoms.